The zero-order chi connectivity index (χ0) is 17.0. The molecule has 0 amide bonds. The molecule has 0 aliphatic heterocycles. The predicted molar refractivity (Wildman–Crippen MR) is 110 cm³/mol. The van der Waals surface area contributed by atoms with E-state index in [1.54, 1.807) is 0 Å². The maximum absolute atomic E-state index is 5.84. The van der Waals surface area contributed by atoms with Gasteiger partial charge in [0.15, 0.2) is 0 Å². The third kappa shape index (κ3) is 7.02. The summed E-state index contributed by atoms with van der Waals surface area (Å²) in [5.74, 6) is 1.90. The maximum Gasteiger partial charge on any atom is 0.119 e. The van der Waals surface area contributed by atoms with Gasteiger partial charge in [-0.25, -0.2) is 0 Å². The zero-order valence-electron chi connectivity index (χ0n) is 14.1. The highest BCUT2D eigenvalue weighted by atomic mass is 79.9. The maximum atomic E-state index is 5.84. The van der Waals surface area contributed by atoms with Crippen LogP contribution in [-0.4, -0.2) is 23.9 Å². The highest BCUT2D eigenvalue weighted by molar-refractivity contribution is 9.09. The second-order valence-electron chi connectivity index (χ2n) is 5.87. The van der Waals surface area contributed by atoms with Gasteiger partial charge < -0.3 is 9.47 Å². The number of halogens is 2. The van der Waals surface area contributed by atoms with Gasteiger partial charge in [-0.2, -0.15) is 0 Å². The van der Waals surface area contributed by atoms with E-state index in [1.165, 1.54) is 36.5 Å². The lowest BCUT2D eigenvalue weighted by Crippen LogP contribution is -1.98. The van der Waals surface area contributed by atoms with E-state index in [1.807, 2.05) is 12.1 Å². The molecule has 4 heteroatoms. The van der Waals surface area contributed by atoms with Crippen LogP contribution in [0.5, 0.6) is 11.5 Å². The second-order valence-corrected chi connectivity index (χ2v) is 7.45. The van der Waals surface area contributed by atoms with E-state index in [4.69, 9.17) is 9.47 Å². The molecule has 0 atom stereocenters. The van der Waals surface area contributed by atoms with Crippen LogP contribution in [0.4, 0.5) is 0 Å². The fourth-order valence-electron chi connectivity index (χ4n) is 2.51. The SMILES string of the molecule is BrCCCCCOc1ccc2cc(OCCCCCBr)ccc2c1. The molecule has 0 aliphatic carbocycles. The molecule has 0 saturated heterocycles. The smallest absolute Gasteiger partial charge is 0.119 e. The van der Waals surface area contributed by atoms with Crippen LogP contribution in [0.2, 0.25) is 0 Å². The van der Waals surface area contributed by atoms with E-state index in [9.17, 15) is 0 Å². The van der Waals surface area contributed by atoms with Crippen molar-refractivity contribution in [3.8, 4) is 11.5 Å². The van der Waals surface area contributed by atoms with Crippen LogP contribution >= 0.6 is 31.9 Å². The molecule has 0 unspecified atom stereocenters. The fraction of sp³-hybridized carbons (Fsp3) is 0.500. The highest BCUT2D eigenvalue weighted by Gasteiger charge is 2.01. The Morgan fingerprint density at radius 1 is 0.583 bits per heavy atom. The molecule has 2 nitrogen and oxygen atoms in total. The van der Waals surface area contributed by atoms with E-state index in [2.05, 4.69) is 56.1 Å². The van der Waals surface area contributed by atoms with Gasteiger partial charge in [-0.3, -0.25) is 0 Å². The van der Waals surface area contributed by atoms with Gasteiger partial charge in [-0.05, 0) is 73.6 Å². The Labute approximate surface area is 162 Å². The lowest BCUT2D eigenvalue weighted by Gasteiger charge is -2.09. The zero-order valence-corrected chi connectivity index (χ0v) is 17.3. The molecule has 132 valence electrons. The molecule has 2 aromatic rings. The fourth-order valence-corrected chi connectivity index (χ4v) is 3.30. The summed E-state index contributed by atoms with van der Waals surface area (Å²) in [5.41, 5.74) is 0. The molecule has 0 aromatic heterocycles. The second kappa shape index (κ2) is 11.8. The molecule has 0 bridgehead atoms. The van der Waals surface area contributed by atoms with Gasteiger partial charge in [0, 0.05) is 10.7 Å². The molecule has 0 N–H and O–H groups in total. The van der Waals surface area contributed by atoms with Crippen LogP contribution in [0.25, 0.3) is 10.8 Å². The van der Waals surface area contributed by atoms with Crippen molar-refractivity contribution in [1.82, 2.24) is 0 Å². The Morgan fingerprint density at radius 2 is 1.04 bits per heavy atom. The number of unbranched alkanes of at least 4 members (excludes halogenated alkanes) is 4. The largest absolute Gasteiger partial charge is 0.494 e. The molecule has 2 rings (SSSR count). The first-order chi connectivity index (χ1) is 11.8. The Hall–Kier alpha value is -0.740. The van der Waals surface area contributed by atoms with Crippen molar-refractivity contribution in [3.05, 3.63) is 36.4 Å². The van der Waals surface area contributed by atoms with Gasteiger partial charge in [-0.1, -0.05) is 44.0 Å². The van der Waals surface area contributed by atoms with E-state index < -0.39 is 0 Å². The number of fused-ring (bicyclic) bond motifs is 1. The molecule has 24 heavy (non-hydrogen) atoms. The minimum Gasteiger partial charge on any atom is -0.494 e. The number of hydrogen-bond acceptors (Lipinski definition) is 2. The number of hydrogen-bond donors (Lipinski definition) is 0. The van der Waals surface area contributed by atoms with Crippen LogP contribution in [0.3, 0.4) is 0 Å². The predicted octanol–water partition coefficient (Wildman–Crippen LogP) is 6.73. The summed E-state index contributed by atoms with van der Waals surface area (Å²) in [6.07, 6.45) is 7.03. The van der Waals surface area contributed by atoms with E-state index in [-0.39, 0.29) is 0 Å². The van der Waals surface area contributed by atoms with Gasteiger partial charge in [-0.15, -0.1) is 0 Å². The molecule has 2 aromatic carbocycles. The van der Waals surface area contributed by atoms with Crippen molar-refractivity contribution in [3.63, 3.8) is 0 Å². The standard InChI is InChI=1S/C20H26Br2O2/c21-11-3-1-5-13-23-19-9-7-18-16-20(10-8-17(18)15-19)24-14-6-2-4-12-22/h7-10,15-16H,1-6,11-14H2. The van der Waals surface area contributed by atoms with E-state index in [0.29, 0.717) is 0 Å². The van der Waals surface area contributed by atoms with Crippen LogP contribution < -0.4 is 9.47 Å². The first-order valence-electron chi connectivity index (χ1n) is 8.75. The molecule has 0 saturated carbocycles. The van der Waals surface area contributed by atoms with E-state index in [0.717, 1.165) is 48.2 Å². The normalized spacial score (nSPS) is 10.9. The average Bonchev–Trinajstić information content (AvgIpc) is 2.61. The van der Waals surface area contributed by atoms with Crippen molar-refractivity contribution in [2.24, 2.45) is 0 Å². The summed E-state index contributed by atoms with van der Waals surface area (Å²) in [6, 6.07) is 12.5. The van der Waals surface area contributed by atoms with Crippen molar-refractivity contribution < 1.29 is 9.47 Å². The molecule has 0 aliphatic rings. The minimum atomic E-state index is 0.786. The van der Waals surface area contributed by atoms with Crippen molar-refractivity contribution in [2.75, 3.05) is 23.9 Å². The van der Waals surface area contributed by atoms with Gasteiger partial charge in [0.1, 0.15) is 11.5 Å². The van der Waals surface area contributed by atoms with Crippen molar-refractivity contribution in [2.45, 2.75) is 38.5 Å². The lowest BCUT2D eigenvalue weighted by molar-refractivity contribution is 0.306. The minimum absolute atomic E-state index is 0.786. The third-order valence-corrected chi connectivity index (χ3v) is 5.00. The summed E-state index contributed by atoms with van der Waals surface area (Å²) >= 11 is 6.91. The monoisotopic (exact) mass is 456 g/mol. The Balaban J connectivity index is 1.83. The third-order valence-electron chi connectivity index (χ3n) is 3.88. The summed E-state index contributed by atoms with van der Waals surface area (Å²) in [7, 11) is 0. The number of alkyl halides is 2. The highest BCUT2D eigenvalue weighted by Crippen LogP contribution is 2.25. The molecule has 0 heterocycles. The Kier molecular flexibility index (Phi) is 9.59. The van der Waals surface area contributed by atoms with Gasteiger partial charge in [0.2, 0.25) is 0 Å². The van der Waals surface area contributed by atoms with Gasteiger partial charge in [0.05, 0.1) is 13.2 Å². The lowest BCUT2D eigenvalue weighted by atomic mass is 10.1. The number of benzene rings is 2. The van der Waals surface area contributed by atoms with Gasteiger partial charge in [0.25, 0.3) is 0 Å². The topological polar surface area (TPSA) is 18.5 Å². The summed E-state index contributed by atoms with van der Waals surface area (Å²) in [5, 5.41) is 4.53. The summed E-state index contributed by atoms with van der Waals surface area (Å²) < 4.78 is 11.7. The van der Waals surface area contributed by atoms with E-state index >= 15 is 0 Å². The van der Waals surface area contributed by atoms with Crippen molar-refractivity contribution >= 4 is 42.6 Å². The molecular formula is C20H26Br2O2. The first kappa shape index (κ1) is 19.6. The van der Waals surface area contributed by atoms with Crippen LogP contribution in [-0.2, 0) is 0 Å². The quantitative estimate of drug-likeness (QED) is 0.260. The first-order valence-corrected chi connectivity index (χ1v) is 11.0. The molecule has 0 radical (unpaired) electrons. The average molecular weight is 458 g/mol. The van der Waals surface area contributed by atoms with Crippen LogP contribution in [0, 0.1) is 0 Å². The van der Waals surface area contributed by atoms with Crippen LogP contribution in [0.1, 0.15) is 38.5 Å². The summed E-state index contributed by atoms with van der Waals surface area (Å²) in [6.45, 7) is 1.57. The van der Waals surface area contributed by atoms with Crippen LogP contribution in [0.15, 0.2) is 36.4 Å². The van der Waals surface area contributed by atoms with Crippen molar-refractivity contribution in [1.29, 1.82) is 0 Å². The van der Waals surface area contributed by atoms with Gasteiger partial charge >= 0.3 is 0 Å². The number of rotatable bonds is 12. The molecular weight excluding hydrogens is 432 g/mol. The Bertz CT molecular complexity index is 548. The number of ether oxygens (including phenoxy) is 2. The Morgan fingerprint density at radius 3 is 1.46 bits per heavy atom. The molecule has 0 fully saturated rings. The summed E-state index contributed by atoms with van der Waals surface area (Å²) in [4.78, 5) is 0. The molecule has 0 spiro atoms.